The van der Waals surface area contributed by atoms with Crippen LogP contribution in [0.1, 0.15) is 44.6 Å². The quantitative estimate of drug-likeness (QED) is 0.491. The summed E-state index contributed by atoms with van der Waals surface area (Å²) in [6.45, 7) is 3.37. The fourth-order valence-corrected chi connectivity index (χ4v) is 3.53. The van der Waals surface area contributed by atoms with Crippen molar-refractivity contribution in [3.63, 3.8) is 0 Å². The summed E-state index contributed by atoms with van der Waals surface area (Å²) >= 11 is 13.6. The normalized spacial score (nSPS) is 12.5. The maximum atomic E-state index is 9.88. The molecule has 1 atom stereocenters. The Balaban J connectivity index is 2.04. The fourth-order valence-electron chi connectivity index (χ4n) is 2.02. The first kappa shape index (κ1) is 20.1. The summed E-state index contributed by atoms with van der Waals surface area (Å²) in [6, 6.07) is 5.51. The minimum Gasteiger partial charge on any atom is -0.390 e. The molecule has 1 unspecified atom stereocenters. The summed E-state index contributed by atoms with van der Waals surface area (Å²) in [5.74, 6) is 1.42. The smallest absolute Gasteiger partial charge is 0.0863 e. The number of aliphatic hydroxyl groups is 1. The number of unbranched alkanes of at least 4 members (excludes halogenated alkanes) is 4. The molecule has 0 aliphatic rings. The zero-order valence-corrected chi connectivity index (χ0v) is 15.5. The van der Waals surface area contributed by atoms with Gasteiger partial charge in [-0.25, -0.2) is 0 Å². The molecule has 0 bridgehead atoms. The van der Waals surface area contributed by atoms with Crippen molar-refractivity contribution in [2.75, 3.05) is 19.0 Å². The van der Waals surface area contributed by atoms with Gasteiger partial charge < -0.3 is 9.84 Å². The van der Waals surface area contributed by atoms with Crippen molar-refractivity contribution in [3.05, 3.63) is 33.8 Å². The Hall–Kier alpha value is 0.0700. The molecular formula is C17H26Cl2O2S. The van der Waals surface area contributed by atoms with Crippen LogP contribution < -0.4 is 0 Å². The zero-order chi connectivity index (χ0) is 16.2. The first-order valence-corrected chi connectivity index (χ1v) is 9.82. The molecule has 0 heterocycles. The van der Waals surface area contributed by atoms with Gasteiger partial charge in [0.05, 0.1) is 12.7 Å². The molecule has 22 heavy (non-hydrogen) atoms. The van der Waals surface area contributed by atoms with E-state index >= 15 is 0 Å². The topological polar surface area (TPSA) is 29.5 Å². The SMILES string of the molecule is CCCCCCCOCC(O)CSCc1ccc(Cl)cc1Cl. The number of halogens is 2. The van der Waals surface area contributed by atoms with E-state index in [-0.39, 0.29) is 0 Å². The summed E-state index contributed by atoms with van der Waals surface area (Å²) in [5, 5.41) is 11.2. The van der Waals surface area contributed by atoms with Crippen LogP contribution in [0.2, 0.25) is 10.0 Å². The molecule has 0 aliphatic heterocycles. The third-order valence-electron chi connectivity index (χ3n) is 3.29. The van der Waals surface area contributed by atoms with E-state index in [1.165, 1.54) is 25.7 Å². The lowest BCUT2D eigenvalue weighted by molar-refractivity contribution is 0.0468. The van der Waals surface area contributed by atoms with Gasteiger partial charge in [0.15, 0.2) is 0 Å². The van der Waals surface area contributed by atoms with Gasteiger partial charge >= 0.3 is 0 Å². The molecule has 2 nitrogen and oxygen atoms in total. The van der Waals surface area contributed by atoms with Gasteiger partial charge in [0.25, 0.3) is 0 Å². The predicted octanol–water partition coefficient (Wildman–Crippen LogP) is 5.57. The van der Waals surface area contributed by atoms with Crippen LogP contribution in [0.25, 0.3) is 0 Å². The van der Waals surface area contributed by atoms with Crippen molar-refractivity contribution >= 4 is 35.0 Å². The molecule has 0 saturated carbocycles. The Kier molecular flexibility index (Phi) is 11.4. The lowest BCUT2D eigenvalue weighted by atomic mass is 10.2. The van der Waals surface area contributed by atoms with E-state index in [1.54, 1.807) is 17.8 Å². The molecule has 126 valence electrons. The van der Waals surface area contributed by atoms with E-state index in [0.717, 1.165) is 24.3 Å². The lowest BCUT2D eigenvalue weighted by Crippen LogP contribution is -2.18. The van der Waals surface area contributed by atoms with Gasteiger partial charge in [-0.1, -0.05) is 61.9 Å². The molecular weight excluding hydrogens is 339 g/mol. The van der Waals surface area contributed by atoms with Gasteiger partial charge in [-0.3, -0.25) is 0 Å². The molecule has 0 fully saturated rings. The molecule has 0 radical (unpaired) electrons. The molecule has 1 rings (SSSR count). The second-order valence-electron chi connectivity index (χ2n) is 5.39. The highest BCUT2D eigenvalue weighted by molar-refractivity contribution is 7.98. The van der Waals surface area contributed by atoms with Crippen LogP contribution in [0.15, 0.2) is 18.2 Å². The average Bonchev–Trinajstić information content (AvgIpc) is 2.48. The number of hydrogen-bond donors (Lipinski definition) is 1. The summed E-state index contributed by atoms with van der Waals surface area (Å²) in [6.07, 6.45) is 5.71. The second kappa shape index (κ2) is 12.5. The van der Waals surface area contributed by atoms with Gasteiger partial charge in [0.1, 0.15) is 0 Å². The van der Waals surface area contributed by atoms with Crippen molar-refractivity contribution in [3.8, 4) is 0 Å². The van der Waals surface area contributed by atoms with E-state index in [1.807, 2.05) is 12.1 Å². The summed E-state index contributed by atoms with van der Waals surface area (Å²) < 4.78 is 5.51. The van der Waals surface area contributed by atoms with Gasteiger partial charge in [-0.15, -0.1) is 0 Å². The van der Waals surface area contributed by atoms with Gasteiger partial charge in [-0.05, 0) is 24.1 Å². The number of ether oxygens (including phenoxy) is 1. The Labute approximate surface area is 148 Å². The number of hydrogen-bond acceptors (Lipinski definition) is 3. The molecule has 1 N–H and O–H groups in total. The largest absolute Gasteiger partial charge is 0.390 e. The average molecular weight is 365 g/mol. The van der Waals surface area contributed by atoms with E-state index in [2.05, 4.69) is 6.92 Å². The predicted molar refractivity (Wildman–Crippen MR) is 98.2 cm³/mol. The summed E-state index contributed by atoms with van der Waals surface area (Å²) in [7, 11) is 0. The maximum Gasteiger partial charge on any atom is 0.0863 e. The van der Waals surface area contributed by atoms with E-state index in [0.29, 0.717) is 22.4 Å². The summed E-state index contributed by atoms with van der Waals surface area (Å²) in [4.78, 5) is 0. The van der Waals surface area contributed by atoms with Crippen molar-refractivity contribution in [1.82, 2.24) is 0 Å². The van der Waals surface area contributed by atoms with Crippen molar-refractivity contribution in [2.45, 2.75) is 50.9 Å². The van der Waals surface area contributed by atoms with Crippen LogP contribution in [-0.2, 0) is 10.5 Å². The van der Waals surface area contributed by atoms with E-state index < -0.39 is 6.10 Å². The van der Waals surface area contributed by atoms with E-state index in [4.69, 9.17) is 27.9 Å². The van der Waals surface area contributed by atoms with Gasteiger partial charge in [0, 0.05) is 28.2 Å². The summed E-state index contributed by atoms with van der Waals surface area (Å²) in [5.41, 5.74) is 1.04. The molecule has 0 saturated heterocycles. The van der Waals surface area contributed by atoms with Gasteiger partial charge in [0.2, 0.25) is 0 Å². The third kappa shape index (κ3) is 9.26. The highest BCUT2D eigenvalue weighted by Crippen LogP contribution is 2.24. The Morgan fingerprint density at radius 3 is 2.68 bits per heavy atom. The van der Waals surface area contributed by atoms with Crippen LogP contribution in [-0.4, -0.2) is 30.2 Å². The zero-order valence-electron chi connectivity index (χ0n) is 13.2. The van der Waals surface area contributed by atoms with E-state index in [9.17, 15) is 5.11 Å². The Morgan fingerprint density at radius 2 is 1.95 bits per heavy atom. The van der Waals surface area contributed by atoms with Crippen LogP contribution >= 0.6 is 35.0 Å². The van der Waals surface area contributed by atoms with Crippen LogP contribution in [0.4, 0.5) is 0 Å². The highest BCUT2D eigenvalue weighted by atomic mass is 35.5. The molecule has 5 heteroatoms. The van der Waals surface area contributed by atoms with Crippen molar-refractivity contribution < 1.29 is 9.84 Å². The molecule has 1 aromatic carbocycles. The Morgan fingerprint density at radius 1 is 1.18 bits per heavy atom. The molecule has 0 aliphatic carbocycles. The molecule has 1 aromatic rings. The fraction of sp³-hybridized carbons (Fsp3) is 0.647. The second-order valence-corrected chi connectivity index (χ2v) is 7.27. The number of rotatable bonds is 12. The maximum absolute atomic E-state index is 9.88. The van der Waals surface area contributed by atoms with Crippen molar-refractivity contribution in [1.29, 1.82) is 0 Å². The minimum atomic E-state index is -0.424. The van der Waals surface area contributed by atoms with Crippen LogP contribution in [0.5, 0.6) is 0 Å². The third-order valence-corrected chi connectivity index (χ3v) is 5.01. The van der Waals surface area contributed by atoms with Crippen LogP contribution in [0, 0.1) is 0 Å². The molecule has 0 aromatic heterocycles. The number of thioether (sulfide) groups is 1. The number of benzene rings is 1. The van der Waals surface area contributed by atoms with Crippen LogP contribution in [0.3, 0.4) is 0 Å². The van der Waals surface area contributed by atoms with Gasteiger partial charge in [-0.2, -0.15) is 11.8 Å². The molecule has 0 amide bonds. The number of aliphatic hydroxyl groups excluding tert-OH is 1. The monoisotopic (exact) mass is 364 g/mol. The first-order chi connectivity index (χ1) is 10.6. The van der Waals surface area contributed by atoms with Crippen molar-refractivity contribution in [2.24, 2.45) is 0 Å². The highest BCUT2D eigenvalue weighted by Gasteiger charge is 2.06. The first-order valence-electron chi connectivity index (χ1n) is 7.91. The molecule has 0 spiro atoms. The minimum absolute atomic E-state index is 0.412. The Bertz CT molecular complexity index is 416. The lowest BCUT2D eigenvalue weighted by Gasteiger charge is -2.11. The standard InChI is InChI=1S/C17H26Cl2O2S/c1-2-3-4-5-6-9-21-11-16(20)13-22-12-14-7-8-15(18)10-17(14)19/h7-8,10,16,20H,2-6,9,11-13H2,1H3.